The van der Waals surface area contributed by atoms with Crippen LogP contribution in [0.15, 0.2) is 41.4 Å². The van der Waals surface area contributed by atoms with Crippen LogP contribution in [0.5, 0.6) is 17.2 Å². The number of aliphatic imine (C=N–C) groups is 1. The molecular weight excluding hydrogens is 361 g/mol. The molecule has 0 unspecified atom stereocenters. The maximum atomic E-state index is 14.2. The first-order chi connectivity index (χ1) is 13.6. The molecule has 3 rings (SSSR count). The number of hydrogen-bond donors (Lipinski definition) is 2. The van der Waals surface area contributed by atoms with Crippen molar-refractivity contribution in [2.24, 2.45) is 4.99 Å². The Balaban J connectivity index is 1.73. The van der Waals surface area contributed by atoms with Crippen molar-refractivity contribution in [2.45, 2.75) is 18.3 Å². The molecule has 2 N–H and O–H groups in total. The number of guanidine groups is 1. The number of methoxy groups -OCH3 is 3. The second kappa shape index (κ2) is 8.37. The van der Waals surface area contributed by atoms with Gasteiger partial charge in [-0.2, -0.15) is 0 Å². The van der Waals surface area contributed by atoms with Crippen LogP contribution < -0.4 is 24.8 Å². The summed E-state index contributed by atoms with van der Waals surface area (Å²) in [5.41, 5.74) is 1.31. The van der Waals surface area contributed by atoms with E-state index in [0.717, 1.165) is 24.1 Å². The molecule has 6 nitrogen and oxygen atoms in total. The molecule has 1 aliphatic rings. The Bertz CT molecular complexity index is 841. The molecule has 150 valence electrons. The molecule has 0 saturated heterocycles. The summed E-state index contributed by atoms with van der Waals surface area (Å²) in [4.78, 5) is 4.27. The van der Waals surface area contributed by atoms with Gasteiger partial charge in [-0.05, 0) is 24.5 Å². The maximum Gasteiger partial charge on any atom is 0.203 e. The predicted molar refractivity (Wildman–Crippen MR) is 108 cm³/mol. The van der Waals surface area contributed by atoms with Crippen molar-refractivity contribution in [1.82, 2.24) is 5.32 Å². The van der Waals surface area contributed by atoms with E-state index in [4.69, 9.17) is 14.2 Å². The minimum atomic E-state index is -0.182. The highest BCUT2D eigenvalue weighted by Gasteiger charge is 2.45. The van der Waals surface area contributed by atoms with E-state index in [1.54, 1.807) is 46.6 Å². The van der Waals surface area contributed by atoms with Gasteiger partial charge in [-0.3, -0.25) is 4.99 Å². The van der Waals surface area contributed by atoms with Gasteiger partial charge in [0.15, 0.2) is 17.5 Å². The lowest BCUT2D eigenvalue weighted by molar-refractivity contribution is 0.324. The summed E-state index contributed by atoms with van der Waals surface area (Å²) in [7, 11) is 6.39. The van der Waals surface area contributed by atoms with Gasteiger partial charge >= 0.3 is 0 Å². The molecule has 0 heterocycles. The molecular formula is C21H26FN3O3. The van der Waals surface area contributed by atoms with Gasteiger partial charge in [0.05, 0.1) is 21.3 Å². The van der Waals surface area contributed by atoms with Crippen LogP contribution in [0, 0.1) is 5.82 Å². The van der Waals surface area contributed by atoms with E-state index in [2.05, 4.69) is 15.6 Å². The smallest absolute Gasteiger partial charge is 0.203 e. The van der Waals surface area contributed by atoms with E-state index in [1.807, 2.05) is 12.1 Å². The average Bonchev–Trinajstić information content (AvgIpc) is 3.51. The molecule has 0 atom stereocenters. The van der Waals surface area contributed by atoms with Gasteiger partial charge in [0, 0.05) is 36.8 Å². The van der Waals surface area contributed by atoms with Crippen LogP contribution in [0.1, 0.15) is 18.4 Å². The lowest BCUT2D eigenvalue weighted by Crippen LogP contribution is -2.37. The van der Waals surface area contributed by atoms with E-state index in [9.17, 15) is 4.39 Å². The number of nitrogens with zero attached hydrogens (tertiary/aromatic N) is 1. The van der Waals surface area contributed by atoms with Crippen LogP contribution in [0.25, 0.3) is 0 Å². The maximum absolute atomic E-state index is 14.2. The Morgan fingerprint density at radius 3 is 2.21 bits per heavy atom. The van der Waals surface area contributed by atoms with Gasteiger partial charge in [-0.25, -0.2) is 4.39 Å². The summed E-state index contributed by atoms with van der Waals surface area (Å²) in [6.45, 7) is 0.595. The zero-order chi connectivity index (χ0) is 20.1. The second-order valence-electron chi connectivity index (χ2n) is 6.72. The van der Waals surface area contributed by atoms with Crippen LogP contribution >= 0.6 is 0 Å². The quantitative estimate of drug-likeness (QED) is 0.562. The van der Waals surface area contributed by atoms with Gasteiger partial charge in [0.2, 0.25) is 5.75 Å². The minimum absolute atomic E-state index is 0.158. The zero-order valence-corrected chi connectivity index (χ0v) is 16.6. The molecule has 1 aliphatic carbocycles. The fraction of sp³-hybridized carbons (Fsp3) is 0.381. The molecule has 1 fully saturated rings. The lowest BCUT2D eigenvalue weighted by Gasteiger charge is -2.20. The van der Waals surface area contributed by atoms with E-state index >= 15 is 0 Å². The fourth-order valence-electron chi connectivity index (χ4n) is 3.31. The first kappa shape index (κ1) is 19.8. The van der Waals surface area contributed by atoms with Crippen LogP contribution in [0.3, 0.4) is 0 Å². The monoisotopic (exact) mass is 387 g/mol. The Kier molecular flexibility index (Phi) is 5.92. The average molecular weight is 387 g/mol. The van der Waals surface area contributed by atoms with E-state index < -0.39 is 0 Å². The van der Waals surface area contributed by atoms with Crippen molar-refractivity contribution in [3.8, 4) is 17.2 Å². The minimum Gasteiger partial charge on any atom is -0.493 e. The summed E-state index contributed by atoms with van der Waals surface area (Å²) in [6, 6.07) is 10.6. The zero-order valence-electron chi connectivity index (χ0n) is 16.6. The second-order valence-corrected chi connectivity index (χ2v) is 6.72. The van der Waals surface area contributed by atoms with E-state index in [0.29, 0.717) is 29.8 Å². The van der Waals surface area contributed by atoms with Crippen LogP contribution in [-0.4, -0.2) is 40.9 Å². The van der Waals surface area contributed by atoms with Crippen LogP contribution in [0.4, 0.5) is 10.1 Å². The number of ether oxygens (including phenoxy) is 3. The number of benzene rings is 2. The Morgan fingerprint density at radius 1 is 1.07 bits per heavy atom. The number of rotatable bonds is 7. The summed E-state index contributed by atoms with van der Waals surface area (Å²) in [5.74, 6) is 2.04. The van der Waals surface area contributed by atoms with E-state index in [1.165, 1.54) is 6.07 Å². The standard InChI is InChI=1S/C21H26FN3O3/c1-23-20(24-13-21(9-10-21)15-7-5-6-8-16(15)22)25-14-11-17(26-2)19(28-4)18(12-14)27-3/h5-8,11-12H,9-10,13H2,1-4H3,(H2,23,24,25). The van der Waals surface area contributed by atoms with Crippen molar-refractivity contribution in [2.75, 3.05) is 40.2 Å². The largest absolute Gasteiger partial charge is 0.493 e. The highest BCUT2D eigenvalue weighted by Crippen LogP contribution is 2.48. The van der Waals surface area contributed by atoms with Gasteiger partial charge in [-0.15, -0.1) is 0 Å². The van der Waals surface area contributed by atoms with Crippen molar-refractivity contribution in [3.05, 3.63) is 47.8 Å². The predicted octanol–water partition coefficient (Wildman–Crippen LogP) is 3.57. The molecule has 2 aromatic carbocycles. The third kappa shape index (κ3) is 3.98. The first-order valence-corrected chi connectivity index (χ1v) is 9.09. The summed E-state index contributed by atoms with van der Waals surface area (Å²) < 4.78 is 30.3. The summed E-state index contributed by atoms with van der Waals surface area (Å²) >= 11 is 0. The SMILES string of the molecule is CN=C(NCC1(c2ccccc2F)CC1)Nc1cc(OC)c(OC)c(OC)c1. The molecule has 0 spiro atoms. The van der Waals surface area contributed by atoms with Crippen molar-refractivity contribution >= 4 is 11.6 Å². The molecule has 1 saturated carbocycles. The molecule has 0 radical (unpaired) electrons. The third-order valence-electron chi connectivity index (χ3n) is 5.04. The Labute approximate surface area is 164 Å². The number of nitrogens with one attached hydrogen (secondary N) is 2. The molecule has 0 bridgehead atoms. The highest BCUT2D eigenvalue weighted by atomic mass is 19.1. The molecule has 7 heteroatoms. The molecule has 0 aromatic heterocycles. The molecule has 0 amide bonds. The van der Waals surface area contributed by atoms with Crippen LogP contribution in [-0.2, 0) is 5.41 Å². The van der Waals surface area contributed by atoms with Gasteiger partial charge in [-0.1, -0.05) is 18.2 Å². The van der Waals surface area contributed by atoms with E-state index in [-0.39, 0.29) is 11.2 Å². The third-order valence-corrected chi connectivity index (χ3v) is 5.04. The highest BCUT2D eigenvalue weighted by molar-refractivity contribution is 5.94. The number of hydrogen-bond acceptors (Lipinski definition) is 4. The van der Waals surface area contributed by atoms with Gasteiger partial charge in [0.25, 0.3) is 0 Å². The summed E-state index contributed by atoms with van der Waals surface area (Å²) in [5, 5.41) is 6.53. The number of halogens is 1. The van der Waals surface area contributed by atoms with Crippen molar-refractivity contribution in [3.63, 3.8) is 0 Å². The Morgan fingerprint density at radius 2 is 1.71 bits per heavy atom. The van der Waals surface area contributed by atoms with Gasteiger partial charge in [0.1, 0.15) is 5.82 Å². The molecule has 0 aliphatic heterocycles. The molecule has 2 aromatic rings. The van der Waals surface area contributed by atoms with Gasteiger partial charge < -0.3 is 24.8 Å². The Hall–Kier alpha value is -2.96. The van der Waals surface area contributed by atoms with Crippen molar-refractivity contribution in [1.29, 1.82) is 0 Å². The fourth-order valence-corrected chi connectivity index (χ4v) is 3.31. The van der Waals surface area contributed by atoms with Crippen LogP contribution in [0.2, 0.25) is 0 Å². The molecule has 28 heavy (non-hydrogen) atoms. The first-order valence-electron chi connectivity index (χ1n) is 9.09. The lowest BCUT2D eigenvalue weighted by atomic mass is 9.95. The van der Waals surface area contributed by atoms with Crippen molar-refractivity contribution < 1.29 is 18.6 Å². The normalized spacial score (nSPS) is 15.0. The summed E-state index contributed by atoms with van der Waals surface area (Å²) in [6.07, 6.45) is 1.89. The number of anilines is 1. The topological polar surface area (TPSA) is 64.1 Å².